The van der Waals surface area contributed by atoms with Gasteiger partial charge in [0, 0.05) is 28.0 Å². The van der Waals surface area contributed by atoms with E-state index in [4.69, 9.17) is 4.98 Å². The number of rotatable bonds is 1. The minimum Gasteiger partial charge on any atom is -0.306 e. The first kappa shape index (κ1) is 17.0. The monoisotopic (exact) mass is 422 g/mol. The maximum Gasteiger partial charge on any atom is 0.220 e. The Bertz CT molecular complexity index is 2020. The smallest absolute Gasteiger partial charge is 0.220 e. The van der Waals surface area contributed by atoms with Crippen molar-refractivity contribution in [1.82, 2.24) is 18.4 Å². The van der Waals surface area contributed by atoms with E-state index in [1.54, 1.807) is 0 Å². The number of benzene rings is 4. The summed E-state index contributed by atoms with van der Waals surface area (Å²) >= 11 is 0. The maximum absolute atomic E-state index is 5.09. The Balaban J connectivity index is 1.81. The van der Waals surface area contributed by atoms with Crippen LogP contribution in [-0.2, 0) is 0 Å². The van der Waals surface area contributed by atoms with E-state index in [0.29, 0.717) is 0 Å². The van der Waals surface area contributed by atoms with Gasteiger partial charge in [0.25, 0.3) is 0 Å². The van der Waals surface area contributed by atoms with Crippen LogP contribution in [0.2, 0.25) is 0 Å². The van der Waals surface area contributed by atoms with Gasteiger partial charge in [-0.3, -0.25) is 8.80 Å². The minimum absolute atomic E-state index is 0.936. The van der Waals surface area contributed by atoms with Crippen LogP contribution in [0.25, 0.3) is 60.7 Å². The third kappa shape index (κ3) is 2.08. The quantitative estimate of drug-likeness (QED) is 0.280. The van der Waals surface area contributed by atoms with Crippen molar-refractivity contribution < 1.29 is 0 Å². The van der Waals surface area contributed by atoms with E-state index in [-0.39, 0.29) is 0 Å². The molecule has 0 fully saturated rings. The Morgan fingerprint density at radius 2 is 1.24 bits per heavy atom. The zero-order valence-electron chi connectivity index (χ0n) is 17.7. The Morgan fingerprint density at radius 1 is 0.545 bits per heavy atom. The third-order valence-corrected chi connectivity index (χ3v) is 6.79. The molecule has 0 saturated carbocycles. The van der Waals surface area contributed by atoms with Gasteiger partial charge in [0.2, 0.25) is 5.78 Å². The van der Waals surface area contributed by atoms with Gasteiger partial charge >= 0.3 is 0 Å². The van der Waals surface area contributed by atoms with Crippen molar-refractivity contribution >= 4 is 55.0 Å². The van der Waals surface area contributed by atoms with Crippen molar-refractivity contribution in [3.8, 4) is 5.69 Å². The normalized spacial score (nSPS) is 12.2. The zero-order valence-corrected chi connectivity index (χ0v) is 17.7. The summed E-state index contributed by atoms with van der Waals surface area (Å²) < 4.78 is 7.00. The molecule has 4 aromatic carbocycles. The second kappa shape index (κ2) is 6.02. The molecule has 0 unspecified atom stereocenters. The van der Waals surface area contributed by atoms with Crippen LogP contribution >= 0.6 is 0 Å². The Hall–Kier alpha value is -4.57. The Kier molecular flexibility index (Phi) is 3.11. The topological polar surface area (TPSA) is 26.6 Å². The van der Waals surface area contributed by atoms with Crippen LogP contribution in [0.4, 0.5) is 0 Å². The van der Waals surface area contributed by atoms with Gasteiger partial charge in [-0.1, -0.05) is 72.8 Å². The minimum atomic E-state index is 0.936. The summed E-state index contributed by atoms with van der Waals surface area (Å²) in [4.78, 5) is 5.09. The molecule has 0 spiro atoms. The summed E-state index contributed by atoms with van der Waals surface area (Å²) in [7, 11) is 0. The summed E-state index contributed by atoms with van der Waals surface area (Å²) in [5, 5.41) is 3.66. The van der Waals surface area contributed by atoms with Crippen LogP contribution in [0, 0.1) is 0 Å². The van der Waals surface area contributed by atoms with Crippen LogP contribution in [0.1, 0.15) is 0 Å². The van der Waals surface area contributed by atoms with Gasteiger partial charge < -0.3 is 4.57 Å². The van der Waals surface area contributed by atoms with Crippen molar-refractivity contribution in [1.29, 1.82) is 0 Å². The maximum atomic E-state index is 5.09. The summed E-state index contributed by atoms with van der Waals surface area (Å²) in [6, 6.07) is 36.4. The number of imidazole rings is 1. The van der Waals surface area contributed by atoms with Crippen LogP contribution in [0.15, 0.2) is 109 Å². The highest BCUT2D eigenvalue weighted by Crippen LogP contribution is 2.39. The highest BCUT2D eigenvalue weighted by molar-refractivity contribution is 6.19. The number of hydrogen-bond acceptors (Lipinski definition) is 1. The second-order valence-electron chi connectivity index (χ2n) is 8.56. The Labute approximate surface area is 188 Å². The second-order valence-corrected chi connectivity index (χ2v) is 8.56. The average molecular weight is 422 g/mol. The van der Waals surface area contributed by atoms with Gasteiger partial charge in [-0.25, -0.2) is 4.98 Å². The molecule has 0 N–H and O–H groups in total. The van der Waals surface area contributed by atoms with E-state index in [1.807, 2.05) is 0 Å². The molecule has 0 aliphatic rings. The summed E-state index contributed by atoms with van der Waals surface area (Å²) in [5.74, 6) is 0.936. The molecule has 0 amide bonds. The molecule has 4 heterocycles. The number of hydrogen-bond donors (Lipinski definition) is 0. The first-order valence-electron chi connectivity index (χ1n) is 11.2. The van der Waals surface area contributed by atoms with Crippen molar-refractivity contribution in [2.45, 2.75) is 0 Å². The van der Waals surface area contributed by atoms with Gasteiger partial charge in [-0.2, -0.15) is 0 Å². The molecule has 0 saturated heterocycles. The van der Waals surface area contributed by atoms with Gasteiger partial charge in [0.1, 0.15) is 0 Å². The summed E-state index contributed by atoms with van der Waals surface area (Å²) in [6.07, 6.45) is 2.22. The third-order valence-electron chi connectivity index (χ3n) is 6.79. The van der Waals surface area contributed by atoms with E-state index < -0.39 is 0 Å². The van der Waals surface area contributed by atoms with Crippen LogP contribution in [0.5, 0.6) is 0 Å². The van der Waals surface area contributed by atoms with Gasteiger partial charge in [0.15, 0.2) is 0 Å². The number of fused-ring (bicyclic) bond motifs is 12. The molecule has 33 heavy (non-hydrogen) atoms. The van der Waals surface area contributed by atoms with Gasteiger partial charge in [0.05, 0.1) is 33.1 Å². The Morgan fingerprint density at radius 3 is 2.12 bits per heavy atom. The molecular weight excluding hydrogens is 404 g/mol. The standard InChI is InChI=1S/C29H18N4/c1-2-11-20(12-3-1)32-24-16-8-6-14-22(24)27-28(32)26-21-13-5-4-10-19(21)18-31(26)29-30-23-15-7-9-17-25(23)33(27)29/h1-18H. The molecule has 0 aliphatic carbocycles. The molecule has 0 aliphatic heterocycles. The van der Waals surface area contributed by atoms with Crippen molar-refractivity contribution in [3.63, 3.8) is 0 Å². The molecule has 8 rings (SSSR count). The predicted octanol–water partition coefficient (Wildman–Crippen LogP) is 6.99. The molecule has 0 bridgehead atoms. The SMILES string of the molecule is c1ccc(-n2c3ccccc3c3c2c2c4ccccc4cn2c2nc4ccccc4n32)cc1. The zero-order chi connectivity index (χ0) is 21.5. The van der Waals surface area contributed by atoms with Crippen molar-refractivity contribution in [3.05, 3.63) is 109 Å². The molecule has 4 heteroatoms. The fourth-order valence-electron chi connectivity index (χ4n) is 5.47. The number of nitrogens with zero attached hydrogens (tertiary/aromatic N) is 4. The van der Waals surface area contributed by atoms with Gasteiger partial charge in [-0.15, -0.1) is 0 Å². The van der Waals surface area contributed by atoms with Crippen LogP contribution in [-0.4, -0.2) is 18.4 Å². The first-order chi connectivity index (χ1) is 16.4. The lowest BCUT2D eigenvalue weighted by Gasteiger charge is -2.10. The highest BCUT2D eigenvalue weighted by Gasteiger charge is 2.23. The molecule has 154 valence electrons. The largest absolute Gasteiger partial charge is 0.306 e. The molecule has 0 radical (unpaired) electrons. The van der Waals surface area contributed by atoms with Gasteiger partial charge in [-0.05, 0) is 30.3 Å². The van der Waals surface area contributed by atoms with E-state index >= 15 is 0 Å². The van der Waals surface area contributed by atoms with Crippen molar-refractivity contribution in [2.75, 3.05) is 0 Å². The average Bonchev–Trinajstić information content (AvgIpc) is 3.54. The molecular formula is C29H18N4. The van der Waals surface area contributed by atoms with Crippen molar-refractivity contribution in [2.24, 2.45) is 0 Å². The lowest BCUT2D eigenvalue weighted by molar-refractivity contribution is 1.11. The van der Waals surface area contributed by atoms with Crippen LogP contribution in [0.3, 0.4) is 0 Å². The first-order valence-corrected chi connectivity index (χ1v) is 11.2. The highest BCUT2D eigenvalue weighted by atomic mass is 15.2. The molecule has 8 aromatic rings. The summed E-state index contributed by atoms with van der Waals surface area (Å²) in [6.45, 7) is 0. The summed E-state index contributed by atoms with van der Waals surface area (Å²) in [5.41, 5.74) is 8.03. The fourth-order valence-corrected chi connectivity index (χ4v) is 5.47. The van der Waals surface area contributed by atoms with E-state index in [0.717, 1.165) is 22.5 Å². The number of aromatic nitrogens is 4. The lowest BCUT2D eigenvalue weighted by Crippen LogP contribution is -1.99. The molecule has 4 aromatic heterocycles. The van der Waals surface area contributed by atoms with E-state index in [2.05, 4.69) is 123 Å². The number of para-hydroxylation sites is 4. The fraction of sp³-hybridized carbons (Fsp3) is 0. The molecule has 0 atom stereocenters. The van der Waals surface area contributed by atoms with Crippen LogP contribution < -0.4 is 0 Å². The van der Waals surface area contributed by atoms with E-state index in [9.17, 15) is 0 Å². The molecule has 4 nitrogen and oxygen atoms in total. The lowest BCUT2D eigenvalue weighted by atomic mass is 10.2. The van der Waals surface area contributed by atoms with E-state index in [1.165, 1.54) is 38.2 Å². The predicted molar refractivity (Wildman–Crippen MR) is 135 cm³/mol.